The number of fused-ring (bicyclic) bond motifs is 1. The molecular weight excluding hydrogens is 819 g/mol. The van der Waals surface area contributed by atoms with Gasteiger partial charge < -0.3 is 15.1 Å². The molecule has 4 fully saturated rings. The Morgan fingerprint density at radius 1 is 0.950 bits per heavy atom. The second kappa shape index (κ2) is 16.9. The number of hydrogen-bond acceptors (Lipinski definition) is 10. The molecule has 0 aliphatic carbocycles. The molecule has 4 aliphatic rings. The standard InChI is InChI=1S/C38H46F6N12O3S/c1-51-31-17-27(4-5-29(31)34(50-51)56-16-10-32(57)48-36(56)58)53-12-6-24(7-13-53)20-52-11-2-3-28(22-52)60(59)55-14-8-26(9-15-55)47-35-45-19-30(38(42,43)44)33(49-35)25-18-46-54(21-25)23-37(39,40)41/h4-5,17-19,21,24,26,28H,2-3,6-16,20,22-23H2,1H3,(H,45,47,49)(H,48,57,58). The Bertz CT molecular complexity index is 2230. The summed E-state index contributed by atoms with van der Waals surface area (Å²) in [5, 5.41) is 14.5. The summed E-state index contributed by atoms with van der Waals surface area (Å²) in [6.45, 7) is 4.30. The topological polar surface area (TPSA) is 150 Å². The molecule has 8 rings (SSSR count). The van der Waals surface area contributed by atoms with Gasteiger partial charge in [0.15, 0.2) is 5.82 Å². The molecule has 0 saturated carbocycles. The molecule has 3 aromatic heterocycles. The number of rotatable bonds is 10. The minimum Gasteiger partial charge on any atom is -0.371 e. The van der Waals surface area contributed by atoms with Crippen LogP contribution in [0.3, 0.4) is 0 Å². The molecular formula is C38H46F6N12O3S. The molecule has 3 amide bonds. The fraction of sp³-hybridized carbons (Fsp3) is 0.579. The van der Waals surface area contributed by atoms with Crippen LogP contribution in [0.25, 0.3) is 22.2 Å². The first kappa shape index (κ1) is 41.9. The van der Waals surface area contributed by atoms with E-state index in [0.29, 0.717) is 48.5 Å². The first-order valence-electron chi connectivity index (χ1n) is 20.1. The summed E-state index contributed by atoms with van der Waals surface area (Å²) in [5.74, 6) is 0.671. The highest BCUT2D eigenvalue weighted by Crippen LogP contribution is 2.37. The van der Waals surface area contributed by atoms with E-state index in [-0.39, 0.29) is 41.7 Å². The van der Waals surface area contributed by atoms with E-state index in [9.17, 15) is 40.1 Å². The number of carbonyl (C=O) groups is 2. The fourth-order valence-corrected chi connectivity index (χ4v) is 10.4. The van der Waals surface area contributed by atoms with Gasteiger partial charge in [-0.2, -0.15) is 36.5 Å². The van der Waals surface area contributed by atoms with Crippen LogP contribution >= 0.6 is 0 Å². The van der Waals surface area contributed by atoms with Crippen molar-refractivity contribution in [2.45, 2.75) is 75.1 Å². The lowest BCUT2D eigenvalue weighted by molar-refractivity contribution is -0.142. The summed E-state index contributed by atoms with van der Waals surface area (Å²) in [5.41, 5.74) is 0.0377. The molecule has 0 radical (unpaired) electrons. The molecule has 0 spiro atoms. The number of aromatic nitrogens is 6. The minimum atomic E-state index is -4.84. The van der Waals surface area contributed by atoms with Crippen LogP contribution in [0.1, 0.15) is 50.5 Å². The first-order valence-corrected chi connectivity index (χ1v) is 21.3. The number of benzene rings is 1. The van der Waals surface area contributed by atoms with Gasteiger partial charge in [0.05, 0.1) is 33.6 Å². The van der Waals surface area contributed by atoms with Gasteiger partial charge in [0.1, 0.15) is 12.1 Å². The van der Waals surface area contributed by atoms with Crippen LogP contribution in [0, 0.1) is 5.92 Å². The Labute approximate surface area is 344 Å². The number of hydrogen-bond donors (Lipinski definition) is 2. The van der Waals surface area contributed by atoms with E-state index in [1.807, 2.05) is 17.4 Å². The molecule has 0 bridgehead atoms. The number of imide groups is 1. The van der Waals surface area contributed by atoms with Gasteiger partial charge in [-0.1, -0.05) is 0 Å². The molecule has 2 unspecified atom stereocenters. The molecule has 4 aliphatic heterocycles. The number of urea groups is 1. The molecule has 60 heavy (non-hydrogen) atoms. The van der Waals surface area contributed by atoms with Gasteiger partial charge in [-0.3, -0.25) is 24.4 Å². The number of nitrogens with one attached hydrogen (secondary N) is 2. The van der Waals surface area contributed by atoms with Gasteiger partial charge >= 0.3 is 18.4 Å². The van der Waals surface area contributed by atoms with Crippen molar-refractivity contribution in [2.75, 3.05) is 67.5 Å². The SMILES string of the molecule is Cn1nc(N2CCC(=O)NC2=O)c2ccc(N3CCC(CN4CCCC(S(=O)N5CCC(Nc6ncc(C(F)(F)F)c(-c7cnn(CC(F)(F)F)c7)n6)CC5)C4)CC3)cc21. The van der Waals surface area contributed by atoms with Crippen molar-refractivity contribution in [3.63, 3.8) is 0 Å². The normalized spacial score (nSPS) is 21.5. The van der Waals surface area contributed by atoms with Crippen LogP contribution in [-0.4, -0.2) is 125 Å². The van der Waals surface area contributed by atoms with E-state index in [1.54, 1.807) is 4.68 Å². The molecule has 22 heteroatoms. The van der Waals surface area contributed by atoms with Crippen molar-refractivity contribution in [3.8, 4) is 11.3 Å². The van der Waals surface area contributed by atoms with E-state index in [1.165, 1.54) is 4.90 Å². The minimum absolute atomic E-state index is 0.00516. The van der Waals surface area contributed by atoms with Gasteiger partial charge in [-0.15, -0.1) is 0 Å². The molecule has 1 aromatic carbocycles. The summed E-state index contributed by atoms with van der Waals surface area (Å²) >= 11 is 0. The van der Waals surface area contributed by atoms with Crippen LogP contribution in [0.15, 0.2) is 36.8 Å². The lowest BCUT2D eigenvalue weighted by atomic mass is 9.95. The molecule has 7 heterocycles. The highest BCUT2D eigenvalue weighted by atomic mass is 32.2. The van der Waals surface area contributed by atoms with Crippen LogP contribution in [0.4, 0.5) is 48.6 Å². The number of anilines is 3. The Balaban J connectivity index is 0.813. The zero-order valence-corrected chi connectivity index (χ0v) is 33.7. The zero-order chi connectivity index (χ0) is 42.3. The van der Waals surface area contributed by atoms with Crippen molar-refractivity contribution >= 4 is 51.3 Å². The maximum Gasteiger partial charge on any atom is 0.419 e. The number of nitrogens with zero attached hydrogens (tertiary/aromatic N) is 10. The van der Waals surface area contributed by atoms with Crippen molar-refractivity contribution in [3.05, 3.63) is 42.4 Å². The van der Waals surface area contributed by atoms with Gasteiger partial charge in [0.2, 0.25) is 11.9 Å². The number of halogens is 6. The predicted octanol–water partition coefficient (Wildman–Crippen LogP) is 5.18. The van der Waals surface area contributed by atoms with Crippen LogP contribution < -0.4 is 20.4 Å². The summed E-state index contributed by atoms with van der Waals surface area (Å²) in [6.07, 6.45) is -1.82. The zero-order valence-electron chi connectivity index (χ0n) is 32.9. The average Bonchev–Trinajstić information content (AvgIpc) is 3.80. The highest BCUT2D eigenvalue weighted by molar-refractivity contribution is 7.83. The fourth-order valence-electron chi connectivity index (χ4n) is 8.68. The molecule has 2 N–H and O–H groups in total. The molecule has 2 atom stereocenters. The quantitative estimate of drug-likeness (QED) is 0.205. The Hall–Kier alpha value is -4.83. The number of alkyl halides is 6. The van der Waals surface area contributed by atoms with Crippen LogP contribution in [-0.2, 0) is 35.5 Å². The number of likely N-dealkylation sites (tertiary alicyclic amines) is 1. The van der Waals surface area contributed by atoms with Crippen molar-refractivity contribution in [1.29, 1.82) is 0 Å². The molecule has 324 valence electrons. The van der Waals surface area contributed by atoms with E-state index in [0.717, 1.165) is 87.4 Å². The van der Waals surface area contributed by atoms with Gasteiger partial charge in [0, 0.05) is 94.4 Å². The van der Waals surface area contributed by atoms with Crippen molar-refractivity contribution in [2.24, 2.45) is 13.0 Å². The van der Waals surface area contributed by atoms with Crippen LogP contribution in [0.2, 0.25) is 0 Å². The Morgan fingerprint density at radius 3 is 2.43 bits per heavy atom. The third-order valence-electron chi connectivity index (χ3n) is 11.8. The predicted molar refractivity (Wildman–Crippen MR) is 211 cm³/mol. The van der Waals surface area contributed by atoms with E-state index in [4.69, 9.17) is 0 Å². The van der Waals surface area contributed by atoms with Gasteiger partial charge in [-0.05, 0) is 69.2 Å². The number of aryl methyl sites for hydroxylation is 1. The van der Waals surface area contributed by atoms with E-state index in [2.05, 4.69) is 52.7 Å². The lowest BCUT2D eigenvalue weighted by Gasteiger charge is -2.40. The Morgan fingerprint density at radius 2 is 1.72 bits per heavy atom. The largest absolute Gasteiger partial charge is 0.419 e. The third kappa shape index (κ3) is 9.39. The van der Waals surface area contributed by atoms with E-state index < -0.39 is 47.2 Å². The van der Waals surface area contributed by atoms with Gasteiger partial charge in [0.25, 0.3) is 0 Å². The molecule has 4 aromatic rings. The van der Waals surface area contributed by atoms with Crippen molar-refractivity contribution < 1.29 is 40.1 Å². The Kier molecular flexibility index (Phi) is 11.8. The maximum absolute atomic E-state index is 13.8. The lowest BCUT2D eigenvalue weighted by Crippen LogP contribution is -2.49. The van der Waals surface area contributed by atoms with Gasteiger partial charge in [-0.25, -0.2) is 23.3 Å². The molecule has 4 saturated heterocycles. The average molecular weight is 865 g/mol. The second-order valence-corrected chi connectivity index (χ2v) is 17.7. The number of piperidine rings is 3. The summed E-state index contributed by atoms with van der Waals surface area (Å²) in [6, 6.07) is 5.49. The number of amides is 3. The number of carbonyl (C=O) groups excluding carboxylic acids is 2. The monoisotopic (exact) mass is 864 g/mol. The molecule has 15 nitrogen and oxygen atoms in total. The smallest absolute Gasteiger partial charge is 0.371 e. The second-order valence-electron chi connectivity index (χ2n) is 16.0. The summed E-state index contributed by atoms with van der Waals surface area (Å²) in [7, 11) is 0.635. The highest BCUT2D eigenvalue weighted by Gasteiger charge is 2.38. The first-order chi connectivity index (χ1) is 28.6. The van der Waals surface area contributed by atoms with E-state index >= 15 is 0 Å². The maximum atomic E-state index is 13.8. The summed E-state index contributed by atoms with van der Waals surface area (Å²) in [4.78, 5) is 38.4. The van der Waals surface area contributed by atoms with Crippen LogP contribution in [0.5, 0.6) is 0 Å². The summed E-state index contributed by atoms with van der Waals surface area (Å²) < 4.78 is 98.2. The van der Waals surface area contributed by atoms with Crippen molar-refractivity contribution in [1.82, 2.24) is 44.1 Å². The third-order valence-corrected chi connectivity index (χ3v) is 13.6.